The summed E-state index contributed by atoms with van der Waals surface area (Å²) in [4.78, 5) is 0. The fourth-order valence-electron chi connectivity index (χ4n) is 2.62. The van der Waals surface area contributed by atoms with Gasteiger partial charge >= 0.3 is 0 Å². The van der Waals surface area contributed by atoms with Crippen molar-refractivity contribution in [1.29, 1.82) is 0 Å². The molecule has 0 unspecified atom stereocenters. The van der Waals surface area contributed by atoms with E-state index in [9.17, 15) is 8.42 Å². The van der Waals surface area contributed by atoms with Crippen molar-refractivity contribution >= 4 is 21.6 Å². The Bertz CT molecular complexity index is 765. The zero-order valence-electron chi connectivity index (χ0n) is 12.1. The molecule has 0 spiro atoms. The maximum atomic E-state index is 12.6. The van der Waals surface area contributed by atoms with Gasteiger partial charge < -0.3 is 4.74 Å². The Morgan fingerprint density at radius 2 is 2.14 bits per heavy atom. The molecule has 1 aliphatic heterocycles. The van der Waals surface area contributed by atoms with Gasteiger partial charge in [-0.15, -0.1) is 0 Å². The Morgan fingerprint density at radius 1 is 1.36 bits per heavy atom. The summed E-state index contributed by atoms with van der Waals surface area (Å²) in [5.41, 5.74) is 0.821. The van der Waals surface area contributed by atoms with Crippen LogP contribution >= 0.6 is 11.6 Å². The molecule has 0 aromatic carbocycles. The lowest BCUT2D eigenvalue weighted by Gasteiger charge is -2.20. The summed E-state index contributed by atoms with van der Waals surface area (Å²) < 4.78 is 36.4. The Labute approximate surface area is 133 Å². The van der Waals surface area contributed by atoms with Crippen LogP contribution in [-0.4, -0.2) is 40.6 Å². The average Bonchev–Trinajstić information content (AvgIpc) is 3.11. The van der Waals surface area contributed by atoms with E-state index in [4.69, 9.17) is 16.3 Å². The molecule has 3 heterocycles. The predicted molar refractivity (Wildman–Crippen MR) is 78.8 cm³/mol. The first-order valence-corrected chi connectivity index (χ1v) is 8.55. The third-order valence-corrected chi connectivity index (χ3v) is 5.64. The molecule has 1 N–H and O–H groups in total. The average molecular weight is 346 g/mol. The number of hydrogen-bond acceptors (Lipinski definition) is 5. The highest BCUT2D eigenvalue weighted by molar-refractivity contribution is 7.89. The molecule has 2 aromatic heterocycles. The van der Waals surface area contributed by atoms with E-state index in [1.165, 1.54) is 17.9 Å². The van der Waals surface area contributed by atoms with E-state index >= 15 is 0 Å². The number of nitrogens with one attached hydrogen (secondary N) is 1. The van der Waals surface area contributed by atoms with Crippen LogP contribution in [0.1, 0.15) is 18.2 Å². The largest absolute Gasteiger partial charge is 0.370 e. The summed E-state index contributed by atoms with van der Waals surface area (Å²) in [6, 6.07) is 1.43. The fraction of sp³-hybridized carbons (Fsp3) is 0.500. The zero-order chi connectivity index (χ0) is 15.9. The molecule has 1 aliphatic rings. The predicted octanol–water partition coefficient (Wildman–Crippen LogP) is 0.615. The fourth-order valence-corrected chi connectivity index (χ4v) is 4.55. The summed E-state index contributed by atoms with van der Waals surface area (Å²) in [6.45, 7) is 0.474. The van der Waals surface area contributed by atoms with Crippen LogP contribution < -0.4 is 4.72 Å². The Kier molecular flexibility index (Phi) is 3.98. The van der Waals surface area contributed by atoms with Crippen LogP contribution in [0.4, 0.5) is 0 Å². The van der Waals surface area contributed by atoms with Gasteiger partial charge in [0.15, 0.2) is 5.03 Å². The smallest absolute Gasteiger partial charge is 0.259 e. The molecular formula is C12H16ClN5O3S. The van der Waals surface area contributed by atoms with Gasteiger partial charge in [0.25, 0.3) is 10.0 Å². The van der Waals surface area contributed by atoms with E-state index in [1.54, 1.807) is 17.9 Å². The quantitative estimate of drug-likeness (QED) is 0.877. The van der Waals surface area contributed by atoms with Gasteiger partial charge in [-0.25, -0.2) is 13.1 Å². The molecule has 0 saturated carbocycles. The van der Waals surface area contributed by atoms with E-state index in [2.05, 4.69) is 14.9 Å². The molecule has 0 bridgehead atoms. The SMILES string of the molecule is Cn1nccc1[C@H]1OCC[C@@H]1NS(=O)(=O)c1c(Cl)cnn1C. The van der Waals surface area contributed by atoms with Crippen molar-refractivity contribution in [3.8, 4) is 0 Å². The van der Waals surface area contributed by atoms with Crippen LogP contribution in [0.15, 0.2) is 23.5 Å². The molecule has 10 heteroatoms. The summed E-state index contributed by atoms with van der Waals surface area (Å²) >= 11 is 5.93. The van der Waals surface area contributed by atoms with Gasteiger partial charge in [0.05, 0.1) is 23.0 Å². The van der Waals surface area contributed by atoms with Gasteiger partial charge in [0, 0.05) is 26.9 Å². The van der Waals surface area contributed by atoms with Gasteiger partial charge in [-0.2, -0.15) is 10.2 Å². The number of hydrogen-bond donors (Lipinski definition) is 1. The van der Waals surface area contributed by atoms with E-state index in [1.807, 2.05) is 6.07 Å². The van der Waals surface area contributed by atoms with Gasteiger partial charge in [0.2, 0.25) is 0 Å². The molecule has 2 aromatic rings. The number of rotatable bonds is 4. The van der Waals surface area contributed by atoms with Crippen LogP contribution in [0.25, 0.3) is 0 Å². The Balaban J connectivity index is 1.87. The van der Waals surface area contributed by atoms with Crippen LogP contribution in [0.5, 0.6) is 0 Å². The third-order valence-electron chi connectivity index (χ3n) is 3.65. The number of sulfonamides is 1. The van der Waals surface area contributed by atoms with E-state index < -0.39 is 10.0 Å². The molecule has 1 saturated heterocycles. The normalized spacial score (nSPS) is 22.3. The number of aryl methyl sites for hydroxylation is 2. The standard InChI is InChI=1S/C12H16ClN5O3S/c1-17-10(3-5-14-17)11-9(4-6-21-11)16-22(19,20)12-8(13)7-15-18(12)2/h3,5,7,9,11,16H,4,6H2,1-2H3/t9-,11-/m0/s1. The summed E-state index contributed by atoms with van der Waals surface area (Å²) in [6.07, 6.45) is 3.15. The summed E-state index contributed by atoms with van der Waals surface area (Å²) in [5.74, 6) is 0. The third kappa shape index (κ3) is 2.65. The first-order chi connectivity index (χ1) is 10.4. The van der Waals surface area contributed by atoms with E-state index in [0.29, 0.717) is 13.0 Å². The van der Waals surface area contributed by atoms with Crippen LogP contribution in [0.3, 0.4) is 0 Å². The van der Waals surface area contributed by atoms with E-state index in [-0.39, 0.29) is 22.2 Å². The minimum atomic E-state index is -3.79. The van der Waals surface area contributed by atoms with Crippen LogP contribution in [-0.2, 0) is 28.9 Å². The number of ether oxygens (including phenoxy) is 1. The van der Waals surface area contributed by atoms with Crippen molar-refractivity contribution in [1.82, 2.24) is 24.3 Å². The number of nitrogens with zero attached hydrogens (tertiary/aromatic N) is 4. The van der Waals surface area contributed by atoms with Crippen LogP contribution in [0, 0.1) is 0 Å². The van der Waals surface area contributed by atoms with Gasteiger partial charge in [-0.3, -0.25) is 9.36 Å². The second-order valence-electron chi connectivity index (χ2n) is 5.11. The van der Waals surface area contributed by atoms with E-state index in [0.717, 1.165) is 5.69 Å². The van der Waals surface area contributed by atoms with Crippen molar-refractivity contribution in [2.24, 2.45) is 14.1 Å². The molecule has 8 nitrogen and oxygen atoms in total. The monoisotopic (exact) mass is 345 g/mol. The molecule has 0 amide bonds. The Morgan fingerprint density at radius 3 is 2.73 bits per heavy atom. The van der Waals surface area contributed by atoms with Crippen molar-refractivity contribution in [3.05, 3.63) is 29.2 Å². The topological polar surface area (TPSA) is 91.0 Å². The highest BCUT2D eigenvalue weighted by Gasteiger charge is 2.36. The molecule has 0 aliphatic carbocycles. The maximum Gasteiger partial charge on any atom is 0.259 e. The highest BCUT2D eigenvalue weighted by atomic mass is 35.5. The Hall–Kier alpha value is -1.42. The number of aromatic nitrogens is 4. The van der Waals surface area contributed by atoms with Crippen molar-refractivity contribution in [2.45, 2.75) is 23.6 Å². The minimum absolute atomic E-state index is 0.0511. The lowest BCUT2D eigenvalue weighted by Crippen LogP contribution is -2.38. The summed E-state index contributed by atoms with van der Waals surface area (Å²) in [7, 11) is -0.466. The maximum absolute atomic E-state index is 12.6. The molecular weight excluding hydrogens is 330 g/mol. The second-order valence-corrected chi connectivity index (χ2v) is 7.15. The molecule has 22 heavy (non-hydrogen) atoms. The van der Waals surface area contributed by atoms with Crippen LogP contribution in [0.2, 0.25) is 5.02 Å². The minimum Gasteiger partial charge on any atom is -0.370 e. The number of halogens is 1. The first-order valence-electron chi connectivity index (χ1n) is 6.69. The van der Waals surface area contributed by atoms with Crippen molar-refractivity contribution < 1.29 is 13.2 Å². The second kappa shape index (κ2) is 5.65. The lowest BCUT2D eigenvalue weighted by atomic mass is 10.1. The van der Waals surface area contributed by atoms with Crippen molar-refractivity contribution in [3.63, 3.8) is 0 Å². The molecule has 120 valence electrons. The summed E-state index contributed by atoms with van der Waals surface area (Å²) in [5, 5.41) is 7.99. The molecule has 1 fully saturated rings. The highest BCUT2D eigenvalue weighted by Crippen LogP contribution is 2.30. The molecule has 0 radical (unpaired) electrons. The molecule has 3 rings (SSSR count). The van der Waals surface area contributed by atoms with Gasteiger partial charge in [0.1, 0.15) is 6.10 Å². The molecule has 2 atom stereocenters. The zero-order valence-corrected chi connectivity index (χ0v) is 13.7. The van der Waals surface area contributed by atoms with Gasteiger partial charge in [-0.1, -0.05) is 11.6 Å². The van der Waals surface area contributed by atoms with Crippen molar-refractivity contribution in [2.75, 3.05) is 6.61 Å². The lowest BCUT2D eigenvalue weighted by molar-refractivity contribution is 0.0959. The first kappa shape index (κ1) is 15.5. The van der Waals surface area contributed by atoms with Gasteiger partial charge in [-0.05, 0) is 12.5 Å².